The highest BCUT2D eigenvalue weighted by Crippen LogP contribution is 2.30. The number of fused-ring (bicyclic) bond motifs is 1. The van der Waals surface area contributed by atoms with Crippen LogP contribution in [0, 0.1) is 6.92 Å². The lowest BCUT2D eigenvalue weighted by Gasteiger charge is -2.16. The first-order chi connectivity index (χ1) is 9.22. The van der Waals surface area contributed by atoms with Crippen molar-refractivity contribution in [1.29, 1.82) is 0 Å². The molecular formula is C16H22N2O. The molecule has 19 heavy (non-hydrogen) atoms. The zero-order valence-electron chi connectivity index (χ0n) is 12.2. The van der Waals surface area contributed by atoms with Gasteiger partial charge in [0.25, 0.3) is 0 Å². The van der Waals surface area contributed by atoms with Crippen LogP contribution in [0.25, 0.3) is 10.9 Å². The second-order valence-electron chi connectivity index (χ2n) is 4.68. The average molecular weight is 258 g/mol. The molecule has 0 aliphatic carbocycles. The Morgan fingerprint density at radius 1 is 1.26 bits per heavy atom. The topological polar surface area (TPSA) is 34.2 Å². The van der Waals surface area contributed by atoms with Crippen molar-refractivity contribution in [2.75, 3.05) is 19.0 Å². The molecule has 0 saturated carbocycles. The minimum absolute atomic E-state index is 0.598. The Morgan fingerprint density at radius 2 is 2.05 bits per heavy atom. The second-order valence-corrected chi connectivity index (χ2v) is 4.68. The van der Waals surface area contributed by atoms with Crippen LogP contribution in [-0.4, -0.2) is 18.6 Å². The summed E-state index contributed by atoms with van der Waals surface area (Å²) in [6, 6.07) is 6.30. The number of aromatic nitrogens is 1. The number of nitrogens with zero attached hydrogens (tertiary/aromatic N) is 1. The molecule has 2 aromatic rings. The maximum Gasteiger partial charge on any atom is 0.0781 e. The molecule has 1 aromatic heterocycles. The van der Waals surface area contributed by atoms with Crippen molar-refractivity contribution in [3.63, 3.8) is 0 Å². The van der Waals surface area contributed by atoms with Crippen molar-refractivity contribution in [1.82, 2.24) is 4.98 Å². The van der Waals surface area contributed by atoms with E-state index in [0.717, 1.165) is 29.7 Å². The van der Waals surface area contributed by atoms with Crippen LogP contribution in [0.3, 0.4) is 0 Å². The third-order valence-electron chi connectivity index (χ3n) is 3.41. The number of para-hydroxylation sites is 1. The van der Waals surface area contributed by atoms with Crippen molar-refractivity contribution in [3.8, 4) is 0 Å². The molecule has 1 N–H and O–H groups in total. The molecular weight excluding hydrogens is 236 g/mol. The van der Waals surface area contributed by atoms with Crippen LogP contribution in [0.2, 0.25) is 0 Å². The lowest BCUT2D eigenvalue weighted by Crippen LogP contribution is -2.06. The van der Waals surface area contributed by atoms with Crippen molar-refractivity contribution in [2.24, 2.45) is 0 Å². The SMILES string of the molecule is CCNc1c(CC)c(C)nc2c(COC)cccc12. The molecule has 0 amide bonds. The summed E-state index contributed by atoms with van der Waals surface area (Å²) in [5, 5.41) is 4.69. The second kappa shape index (κ2) is 6.02. The molecule has 3 heteroatoms. The first kappa shape index (κ1) is 13.8. The van der Waals surface area contributed by atoms with Gasteiger partial charge in [0.15, 0.2) is 0 Å². The number of rotatable bonds is 5. The average Bonchev–Trinajstić information content (AvgIpc) is 2.40. The molecule has 0 aliphatic heterocycles. The molecule has 0 fully saturated rings. The molecule has 1 heterocycles. The van der Waals surface area contributed by atoms with Gasteiger partial charge in [0.1, 0.15) is 0 Å². The maximum atomic E-state index is 5.27. The number of methoxy groups -OCH3 is 1. The largest absolute Gasteiger partial charge is 0.384 e. The van der Waals surface area contributed by atoms with E-state index >= 15 is 0 Å². The fourth-order valence-corrected chi connectivity index (χ4v) is 2.59. The zero-order valence-corrected chi connectivity index (χ0v) is 12.2. The summed E-state index contributed by atoms with van der Waals surface area (Å²) in [7, 11) is 1.72. The summed E-state index contributed by atoms with van der Waals surface area (Å²) in [5.41, 5.74) is 5.84. The third-order valence-corrected chi connectivity index (χ3v) is 3.41. The van der Waals surface area contributed by atoms with Crippen molar-refractivity contribution in [2.45, 2.75) is 33.8 Å². The van der Waals surface area contributed by atoms with Gasteiger partial charge >= 0.3 is 0 Å². The lowest BCUT2D eigenvalue weighted by molar-refractivity contribution is 0.186. The number of benzene rings is 1. The quantitative estimate of drug-likeness (QED) is 0.888. The fourth-order valence-electron chi connectivity index (χ4n) is 2.59. The van der Waals surface area contributed by atoms with E-state index in [9.17, 15) is 0 Å². The number of pyridine rings is 1. The smallest absolute Gasteiger partial charge is 0.0781 e. The third kappa shape index (κ3) is 2.56. The van der Waals surface area contributed by atoms with Gasteiger partial charge in [0, 0.05) is 36.0 Å². The molecule has 102 valence electrons. The number of aryl methyl sites for hydroxylation is 1. The van der Waals surface area contributed by atoms with Gasteiger partial charge in [-0.15, -0.1) is 0 Å². The van der Waals surface area contributed by atoms with E-state index in [2.05, 4.69) is 44.3 Å². The Labute approximate surface area is 115 Å². The van der Waals surface area contributed by atoms with E-state index in [1.54, 1.807) is 7.11 Å². The highest BCUT2D eigenvalue weighted by Gasteiger charge is 2.12. The Hall–Kier alpha value is -1.61. The van der Waals surface area contributed by atoms with Gasteiger partial charge in [0.2, 0.25) is 0 Å². The molecule has 2 rings (SSSR count). The number of hydrogen-bond donors (Lipinski definition) is 1. The van der Waals surface area contributed by atoms with Crippen LogP contribution in [0.5, 0.6) is 0 Å². The molecule has 0 atom stereocenters. The van der Waals surface area contributed by atoms with E-state index in [0.29, 0.717) is 6.61 Å². The van der Waals surface area contributed by atoms with E-state index in [1.807, 2.05) is 0 Å². The Morgan fingerprint density at radius 3 is 2.68 bits per heavy atom. The molecule has 0 saturated heterocycles. The molecule has 3 nitrogen and oxygen atoms in total. The van der Waals surface area contributed by atoms with Crippen LogP contribution in [0.4, 0.5) is 5.69 Å². The highest BCUT2D eigenvalue weighted by atomic mass is 16.5. The summed E-state index contributed by atoms with van der Waals surface area (Å²) in [6.45, 7) is 7.90. The van der Waals surface area contributed by atoms with Crippen molar-refractivity contribution in [3.05, 3.63) is 35.0 Å². The summed E-state index contributed by atoms with van der Waals surface area (Å²) >= 11 is 0. The van der Waals surface area contributed by atoms with Crippen molar-refractivity contribution >= 4 is 16.6 Å². The first-order valence-electron chi connectivity index (χ1n) is 6.86. The lowest BCUT2D eigenvalue weighted by atomic mass is 10.0. The van der Waals surface area contributed by atoms with Gasteiger partial charge in [-0.1, -0.05) is 25.1 Å². The van der Waals surface area contributed by atoms with Crippen LogP contribution >= 0.6 is 0 Å². The Bertz CT molecular complexity index is 578. The van der Waals surface area contributed by atoms with Gasteiger partial charge < -0.3 is 10.1 Å². The van der Waals surface area contributed by atoms with E-state index in [1.165, 1.54) is 16.6 Å². The number of hydrogen-bond acceptors (Lipinski definition) is 3. The van der Waals surface area contributed by atoms with Gasteiger partial charge in [-0.05, 0) is 25.8 Å². The monoisotopic (exact) mass is 258 g/mol. The Kier molecular flexibility index (Phi) is 4.38. The van der Waals surface area contributed by atoms with Crippen LogP contribution in [0.1, 0.15) is 30.7 Å². The van der Waals surface area contributed by atoms with E-state index < -0.39 is 0 Å². The fraction of sp³-hybridized carbons (Fsp3) is 0.438. The highest BCUT2D eigenvalue weighted by molar-refractivity contribution is 5.95. The van der Waals surface area contributed by atoms with Gasteiger partial charge in [-0.25, -0.2) is 0 Å². The van der Waals surface area contributed by atoms with E-state index in [-0.39, 0.29) is 0 Å². The summed E-state index contributed by atoms with van der Waals surface area (Å²) in [4.78, 5) is 4.79. The van der Waals surface area contributed by atoms with Crippen LogP contribution in [-0.2, 0) is 17.8 Å². The zero-order chi connectivity index (χ0) is 13.8. The molecule has 1 aromatic carbocycles. The predicted octanol–water partition coefficient (Wildman–Crippen LogP) is 3.68. The number of anilines is 1. The predicted molar refractivity (Wildman–Crippen MR) is 80.7 cm³/mol. The standard InChI is InChI=1S/C16H22N2O/c1-5-13-11(3)18-15-12(10-19-4)8-7-9-14(15)16(13)17-6-2/h7-9H,5-6,10H2,1-4H3,(H,17,18). The van der Waals surface area contributed by atoms with E-state index in [4.69, 9.17) is 9.72 Å². The summed E-state index contributed by atoms with van der Waals surface area (Å²) in [5.74, 6) is 0. The minimum Gasteiger partial charge on any atom is -0.384 e. The van der Waals surface area contributed by atoms with Crippen molar-refractivity contribution < 1.29 is 4.74 Å². The molecule has 0 aliphatic rings. The van der Waals surface area contributed by atoms with Crippen LogP contribution < -0.4 is 5.32 Å². The van der Waals surface area contributed by atoms with Gasteiger partial charge in [-0.2, -0.15) is 0 Å². The number of nitrogens with one attached hydrogen (secondary N) is 1. The maximum absolute atomic E-state index is 5.27. The van der Waals surface area contributed by atoms with Gasteiger partial charge in [0.05, 0.1) is 12.1 Å². The molecule has 0 bridgehead atoms. The summed E-state index contributed by atoms with van der Waals surface area (Å²) < 4.78 is 5.27. The minimum atomic E-state index is 0.598. The summed E-state index contributed by atoms with van der Waals surface area (Å²) in [6.07, 6.45) is 0.992. The Balaban J connectivity index is 2.74. The first-order valence-corrected chi connectivity index (χ1v) is 6.86. The van der Waals surface area contributed by atoms with Gasteiger partial charge in [-0.3, -0.25) is 4.98 Å². The normalized spacial score (nSPS) is 10.9. The molecule has 0 unspecified atom stereocenters. The van der Waals surface area contributed by atoms with Crippen LogP contribution in [0.15, 0.2) is 18.2 Å². The molecule has 0 radical (unpaired) electrons. The number of ether oxygens (including phenoxy) is 1. The molecule has 0 spiro atoms.